The number of aromatic nitrogens is 2. The minimum atomic E-state index is -1.25. The number of hydrogen-bond donors (Lipinski definition) is 1. The summed E-state index contributed by atoms with van der Waals surface area (Å²) in [4.78, 5) is 25.0. The van der Waals surface area contributed by atoms with Gasteiger partial charge in [-0.25, -0.2) is 9.82 Å². The van der Waals surface area contributed by atoms with Crippen molar-refractivity contribution in [1.82, 2.24) is 14.8 Å². The van der Waals surface area contributed by atoms with Crippen LogP contribution in [0.3, 0.4) is 0 Å². The van der Waals surface area contributed by atoms with E-state index in [1.165, 1.54) is 29.1 Å². The van der Waals surface area contributed by atoms with Crippen LogP contribution in [0.5, 0.6) is 0 Å². The van der Waals surface area contributed by atoms with Gasteiger partial charge in [0, 0.05) is 12.1 Å². The summed E-state index contributed by atoms with van der Waals surface area (Å²) in [6.45, 7) is 0.351. The van der Waals surface area contributed by atoms with Crippen molar-refractivity contribution >= 4 is 12.0 Å². The van der Waals surface area contributed by atoms with Crippen LogP contribution < -0.4 is 10.5 Å². The van der Waals surface area contributed by atoms with Crippen LogP contribution >= 0.6 is 0 Å². The van der Waals surface area contributed by atoms with Crippen LogP contribution in [0.15, 0.2) is 30.5 Å². The third kappa shape index (κ3) is 2.90. The van der Waals surface area contributed by atoms with Crippen molar-refractivity contribution in [3.8, 4) is 0 Å². The zero-order valence-electron chi connectivity index (χ0n) is 11.5. The number of fused-ring (bicyclic) bond motifs is 1. The maximum Gasteiger partial charge on any atom is 0.244 e. The molecular weight excluding hydrogens is 291 g/mol. The van der Waals surface area contributed by atoms with Crippen molar-refractivity contribution in [2.45, 2.75) is 19.5 Å². The summed E-state index contributed by atoms with van der Waals surface area (Å²) in [6.07, 6.45) is 0.418. The minimum Gasteiger partial charge on any atom is -0.530 e. The Balaban J connectivity index is 1.60. The van der Waals surface area contributed by atoms with E-state index in [-0.39, 0.29) is 31.2 Å². The molecule has 2 heterocycles. The molecule has 1 aliphatic rings. The molecule has 8 heteroatoms. The fraction of sp³-hybridized carbons (Fsp3) is 0.214. The average Bonchev–Trinajstić information content (AvgIpc) is 2.99. The van der Waals surface area contributed by atoms with Crippen molar-refractivity contribution in [3.05, 3.63) is 53.1 Å². The molecule has 3 rings (SSSR count). The fourth-order valence-corrected chi connectivity index (χ4v) is 2.29. The molecule has 7 nitrogen and oxygen atoms in total. The van der Waals surface area contributed by atoms with Crippen molar-refractivity contribution in [3.63, 3.8) is 0 Å². The van der Waals surface area contributed by atoms with Crippen LogP contribution in [-0.4, -0.2) is 26.8 Å². The van der Waals surface area contributed by atoms with Crippen LogP contribution in [0.4, 0.5) is 9.18 Å². The monoisotopic (exact) mass is 303 g/mol. The van der Waals surface area contributed by atoms with E-state index in [9.17, 15) is 19.1 Å². The molecule has 22 heavy (non-hydrogen) atoms. The first-order valence-corrected chi connectivity index (χ1v) is 6.59. The number of carbonyl (C=O) groups is 2. The Morgan fingerprint density at radius 1 is 1.27 bits per heavy atom. The molecule has 1 aromatic carbocycles. The van der Waals surface area contributed by atoms with Crippen LogP contribution in [-0.2, 0) is 24.3 Å². The number of rotatable bonds is 3. The standard InChI is InChI=1S/C14H13FN4O3/c15-11-3-1-9(2-4-11)5-13(20)17-19-7-10-6-18(14(21)22)8-12(10)16-19/h1-4,7H,5-6,8H2,(H,17,20)(H,21,22)/p-1. The average molecular weight is 303 g/mol. The lowest BCUT2D eigenvalue weighted by Crippen LogP contribution is -2.37. The van der Waals surface area contributed by atoms with Gasteiger partial charge in [-0.2, -0.15) is 9.89 Å². The molecule has 1 N–H and O–H groups in total. The molecule has 0 atom stereocenters. The SMILES string of the molecule is O=C(Cc1ccc(F)cc1)Nn1cc2c(n1)CN(C(=O)[O-])C2. The van der Waals surface area contributed by atoms with Crippen LogP contribution in [0.2, 0.25) is 0 Å². The van der Waals surface area contributed by atoms with E-state index < -0.39 is 6.09 Å². The van der Waals surface area contributed by atoms with Gasteiger partial charge >= 0.3 is 0 Å². The van der Waals surface area contributed by atoms with E-state index in [0.29, 0.717) is 11.3 Å². The maximum absolute atomic E-state index is 12.8. The zero-order valence-corrected chi connectivity index (χ0v) is 11.5. The number of hydrogen-bond acceptors (Lipinski definition) is 4. The molecule has 2 aromatic rings. The normalized spacial score (nSPS) is 13.0. The number of amides is 2. The number of benzene rings is 1. The molecule has 1 aliphatic heterocycles. The lowest BCUT2D eigenvalue weighted by Gasteiger charge is -2.17. The molecule has 0 saturated carbocycles. The number of nitrogens with one attached hydrogen (secondary N) is 1. The maximum atomic E-state index is 12.8. The van der Waals surface area contributed by atoms with Gasteiger partial charge in [0.05, 0.1) is 24.9 Å². The molecule has 0 aliphatic carbocycles. The second kappa shape index (κ2) is 5.47. The van der Waals surface area contributed by atoms with Crippen LogP contribution in [0, 0.1) is 5.82 Å². The lowest BCUT2D eigenvalue weighted by atomic mass is 10.1. The highest BCUT2D eigenvalue weighted by atomic mass is 19.1. The van der Waals surface area contributed by atoms with E-state index in [1.807, 2.05) is 0 Å². The molecule has 0 saturated heterocycles. The summed E-state index contributed by atoms with van der Waals surface area (Å²) in [7, 11) is 0. The van der Waals surface area contributed by atoms with E-state index in [0.717, 1.165) is 10.5 Å². The van der Waals surface area contributed by atoms with E-state index in [2.05, 4.69) is 10.5 Å². The summed E-state index contributed by atoms with van der Waals surface area (Å²) in [6, 6.07) is 5.66. The van der Waals surface area contributed by atoms with Crippen LogP contribution in [0.1, 0.15) is 16.8 Å². The van der Waals surface area contributed by atoms with Crippen molar-refractivity contribution in [1.29, 1.82) is 0 Å². The van der Waals surface area contributed by atoms with Crippen molar-refractivity contribution in [2.75, 3.05) is 5.43 Å². The Hall–Kier alpha value is -2.90. The minimum absolute atomic E-state index is 0.0932. The van der Waals surface area contributed by atoms with Crippen molar-refractivity contribution in [2.24, 2.45) is 0 Å². The molecule has 1 aromatic heterocycles. The lowest BCUT2D eigenvalue weighted by molar-refractivity contribution is -0.266. The van der Waals surface area contributed by atoms with Gasteiger partial charge < -0.3 is 14.8 Å². The highest BCUT2D eigenvalue weighted by Crippen LogP contribution is 2.20. The second-order valence-corrected chi connectivity index (χ2v) is 5.01. The predicted octanol–water partition coefficient (Wildman–Crippen LogP) is -0.00610. The Bertz CT molecular complexity index is 703. The quantitative estimate of drug-likeness (QED) is 0.863. The topological polar surface area (TPSA) is 90.3 Å². The largest absolute Gasteiger partial charge is 0.530 e. The van der Waals surface area contributed by atoms with Crippen LogP contribution in [0.25, 0.3) is 0 Å². The Morgan fingerprint density at radius 3 is 2.64 bits per heavy atom. The summed E-state index contributed by atoms with van der Waals surface area (Å²) >= 11 is 0. The first kappa shape index (κ1) is 14.1. The Labute approximate surface area is 124 Å². The van der Waals surface area contributed by atoms with Gasteiger partial charge in [-0.15, -0.1) is 0 Å². The number of carboxylic acid groups (broad SMARTS) is 1. The van der Waals surface area contributed by atoms with Gasteiger partial charge in [-0.3, -0.25) is 4.79 Å². The predicted molar refractivity (Wildman–Crippen MR) is 71.3 cm³/mol. The molecule has 0 unspecified atom stereocenters. The third-order valence-corrected chi connectivity index (χ3v) is 3.35. The van der Waals surface area contributed by atoms with Gasteiger partial charge in [0.25, 0.3) is 0 Å². The summed E-state index contributed by atoms with van der Waals surface area (Å²) in [5.74, 6) is -0.658. The molecule has 0 bridgehead atoms. The second-order valence-electron chi connectivity index (χ2n) is 5.01. The molecule has 0 radical (unpaired) electrons. The highest BCUT2D eigenvalue weighted by molar-refractivity contribution is 5.85. The molecule has 0 fully saturated rings. The number of carbonyl (C=O) groups excluding carboxylic acids is 2. The smallest absolute Gasteiger partial charge is 0.244 e. The number of nitrogens with zero attached hydrogens (tertiary/aromatic N) is 3. The summed E-state index contributed by atoms with van der Waals surface area (Å²) in [5.41, 5.74) is 4.57. The van der Waals surface area contributed by atoms with E-state index in [1.54, 1.807) is 6.20 Å². The first-order chi connectivity index (χ1) is 10.5. The van der Waals surface area contributed by atoms with E-state index in [4.69, 9.17) is 0 Å². The molecule has 114 valence electrons. The molecule has 2 amide bonds. The highest BCUT2D eigenvalue weighted by Gasteiger charge is 2.22. The van der Waals surface area contributed by atoms with E-state index >= 15 is 0 Å². The fourth-order valence-electron chi connectivity index (χ4n) is 2.29. The molecular formula is C14H12FN4O3-. The summed E-state index contributed by atoms with van der Waals surface area (Å²) < 4.78 is 12.8. The van der Waals surface area contributed by atoms with Gasteiger partial charge in [-0.05, 0) is 17.7 Å². The Morgan fingerprint density at radius 2 is 2.00 bits per heavy atom. The Kier molecular flexibility index (Phi) is 3.50. The van der Waals surface area contributed by atoms with Gasteiger partial charge in [0.2, 0.25) is 5.91 Å². The van der Waals surface area contributed by atoms with Crippen molar-refractivity contribution < 1.29 is 19.1 Å². The number of halogens is 1. The first-order valence-electron chi connectivity index (χ1n) is 6.59. The van der Waals surface area contributed by atoms with Gasteiger partial charge in [-0.1, -0.05) is 12.1 Å². The molecule has 0 spiro atoms. The van der Waals surface area contributed by atoms with Gasteiger partial charge in [0.15, 0.2) is 0 Å². The third-order valence-electron chi connectivity index (χ3n) is 3.35. The summed E-state index contributed by atoms with van der Waals surface area (Å²) in [5, 5.41) is 14.9. The zero-order chi connectivity index (χ0) is 15.7. The van der Waals surface area contributed by atoms with Gasteiger partial charge in [0.1, 0.15) is 11.9 Å².